The molecule has 0 saturated carbocycles. The monoisotopic (exact) mass is 484 g/mol. The Labute approximate surface area is 211 Å². The Hall–Kier alpha value is -2.30. The van der Waals surface area contributed by atoms with Crippen LogP contribution in [0.25, 0.3) is 0 Å². The van der Waals surface area contributed by atoms with Gasteiger partial charge in [-0.05, 0) is 83.4 Å². The highest BCUT2D eigenvalue weighted by atomic mass is 16.5. The molecular formula is C30H44O5. The maximum absolute atomic E-state index is 13.0. The second kappa shape index (κ2) is 10.8. The van der Waals surface area contributed by atoms with Crippen LogP contribution in [0.3, 0.4) is 0 Å². The quantitative estimate of drug-likeness (QED) is 0.168. The van der Waals surface area contributed by atoms with E-state index in [-0.39, 0.29) is 29.4 Å². The van der Waals surface area contributed by atoms with E-state index in [0.717, 1.165) is 55.4 Å². The average molecular weight is 485 g/mol. The number of carbonyl (C=O) groups is 2. The predicted molar refractivity (Wildman–Crippen MR) is 139 cm³/mol. The van der Waals surface area contributed by atoms with Crippen LogP contribution in [0.4, 0.5) is 0 Å². The molecule has 0 amide bonds. The van der Waals surface area contributed by atoms with Gasteiger partial charge < -0.3 is 14.2 Å². The third-order valence-corrected chi connectivity index (χ3v) is 7.69. The molecule has 0 aromatic heterocycles. The number of fused-ring (bicyclic) bond motifs is 3. The zero-order chi connectivity index (χ0) is 26.0. The lowest BCUT2D eigenvalue weighted by molar-refractivity contribution is -0.143. The Morgan fingerprint density at radius 2 is 1.80 bits per heavy atom. The molecule has 0 N–H and O–H groups in total. The molecule has 0 fully saturated rings. The summed E-state index contributed by atoms with van der Waals surface area (Å²) in [6, 6.07) is 4.26. The highest BCUT2D eigenvalue weighted by Gasteiger charge is 2.41. The fraction of sp³-hybridized carbons (Fsp3) is 0.667. The third kappa shape index (κ3) is 6.48. The third-order valence-electron chi connectivity index (χ3n) is 7.69. The molecule has 2 aliphatic rings. The lowest BCUT2D eigenvalue weighted by atomic mass is 9.70. The zero-order valence-corrected chi connectivity index (χ0v) is 23.0. The fourth-order valence-electron chi connectivity index (χ4n) is 5.26. The Morgan fingerprint density at radius 1 is 1.09 bits per heavy atom. The number of ether oxygens (including phenoxy) is 3. The molecule has 3 atom stereocenters. The van der Waals surface area contributed by atoms with Gasteiger partial charge in [0.05, 0.1) is 18.6 Å². The SMILES string of the molecule is COC(=O)CCCCCC(C)(C)c1cc(OC(=O)C(C)(C)C)c2c(c1)OC(C)[C@@H]1CC=C(C)CC21. The molecule has 5 nitrogen and oxygen atoms in total. The molecule has 1 aliphatic carbocycles. The van der Waals surface area contributed by atoms with Gasteiger partial charge in [-0.2, -0.15) is 0 Å². The first-order chi connectivity index (χ1) is 16.3. The van der Waals surface area contributed by atoms with Gasteiger partial charge in [0, 0.05) is 23.8 Å². The lowest BCUT2D eigenvalue weighted by Gasteiger charge is -2.42. The van der Waals surface area contributed by atoms with E-state index < -0.39 is 5.41 Å². The second-order valence-electron chi connectivity index (χ2n) is 12.1. The standard InChI is InChI=1S/C30H44O5/c1-19-13-14-22-20(2)34-24-17-21(30(6,7)15-11-9-10-12-26(31)33-8)18-25(27(24)23(22)16-19)35-28(32)29(3,4)5/h13,17-18,20,22-23H,9-12,14-16H2,1-8H3/t20?,22-,23?/m0/s1. The molecule has 0 bridgehead atoms. The molecule has 2 unspecified atom stereocenters. The van der Waals surface area contributed by atoms with Crippen molar-refractivity contribution in [3.05, 3.63) is 34.9 Å². The minimum Gasteiger partial charge on any atom is -0.490 e. The van der Waals surface area contributed by atoms with E-state index in [1.165, 1.54) is 12.7 Å². The minimum atomic E-state index is -0.595. The number of carbonyl (C=O) groups excluding carboxylic acids is 2. The molecule has 35 heavy (non-hydrogen) atoms. The van der Waals surface area contributed by atoms with Crippen LogP contribution in [0.1, 0.15) is 110 Å². The summed E-state index contributed by atoms with van der Waals surface area (Å²) in [5.74, 6) is 1.82. The van der Waals surface area contributed by atoms with Gasteiger partial charge in [-0.25, -0.2) is 0 Å². The van der Waals surface area contributed by atoms with Gasteiger partial charge in [-0.1, -0.05) is 38.3 Å². The minimum absolute atomic E-state index is 0.111. The van der Waals surface area contributed by atoms with Crippen molar-refractivity contribution in [2.45, 2.75) is 111 Å². The van der Waals surface area contributed by atoms with Crippen molar-refractivity contribution in [2.24, 2.45) is 11.3 Å². The lowest BCUT2D eigenvalue weighted by Crippen LogP contribution is -2.36. The summed E-state index contributed by atoms with van der Waals surface area (Å²) in [6.45, 7) is 14.5. The van der Waals surface area contributed by atoms with E-state index in [9.17, 15) is 9.59 Å². The normalized spacial score (nSPS) is 21.8. The van der Waals surface area contributed by atoms with Crippen molar-refractivity contribution >= 4 is 11.9 Å². The molecule has 1 heterocycles. The Kier molecular flexibility index (Phi) is 8.39. The first kappa shape index (κ1) is 27.3. The van der Waals surface area contributed by atoms with E-state index in [2.05, 4.69) is 45.9 Å². The van der Waals surface area contributed by atoms with Crippen LogP contribution >= 0.6 is 0 Å². The number of esters is 2. The fourth-order valence-corrected chi connectivity index (χ4v) is 5.26. The molecule has 1 aromatic rings. The first-order valence-electron chi connectivity index (χ1n) is 13.1. The summed E-state index contributed by atoms with van der Waals surface area (Å²) in [4.78, 5) is 24.4. The van der Waals surface area contributed by atoms with Gasteiger partial charge in [0.15, 0.2) is 0 Å². The van der Waals surface area contributed by atoms with Crippen molar-refractivity contribution < 1.29 is 23.8 Å². The van der Waals surface area contributed by atoms with Gasteiger partial charge in [0.2, 0.25) is 0 Å². The van der Waals surface area contributed by atoms with E-state index in [1.54, 1.807) is 0 Å². The highest BCUT2D eigenvalue weighted by molar-refractivity contribution is 5.78. The van der Waals surface area contributed by atoms with Crippen molar-refractivity contribution in [3.63, 3.8) is 0 Å². The largest absolute Gasteiger partial charge is 0.490 e. The second-order valence-corrected chi connectivity index (χ2v) is 12.1. The Balaban J connectivity index is 1.92. The summed E-state index contributed by atoms with van der Waals surface area (Å²) in [5.41, 5.74) is 2.83. The van der Waals surface area contributed by atoms with Crippen LogP contribution in [0.2, 0.25) is 0 Å². The molecule has 3 rings (SSSR count). The number of hydrogen-bond donors (Lipinski definition) is 0. The van der Waals surface area contributed by atoms with Gasteiger partial charge in [0.1, 0.15) is 11.5 Å². The van der Waals surface area contributed by atoms with Gasteiger partial charge in [-0.3, -0.25) is 9.59 Å². The van der Waals surface area contributed by atoms with E-state index in [4.69, 9.17) is 14.2 Å². The highest BCUT2D eigenvalue weighted by Crippen LogP contribution is 2.52. The molecule has 1 aliphatic heterocycles. The van der Waals surface area contributed by atoms with Gasteiger partial charge >= 0.3 is 11.9 Å². The smallest absolute Gasteiger partial charge is 0.316 e. The van der Waals surface area contributed by atoms with Crippen molar-refractivity contribution in [1.29, 1.82) is 0 Å². The molecule has 0 saturated heterocycles. The number of benzene rings is 1. The van der Waals surface area contributed by atoms with Crippen LogP contribution in [-0.2, 0) is 19.7 Å². The number of rotatable bonds is 8. The predicted octanol–water partition coefficient (Wildman–Crippen LogP) is 7.26. The number of allylic oxidation sites excluding steroid dienone is 2. The van der Waals surface area contributed by atoms with E-state index in [0.29, 0.717) is 18.1 Å². The van der Waals surface area contributed by atoms with Crippen LogP contribution in [0, 0.1) is 11.3 Å². The van der Waals surface area contributed by atoms with Crippen LogP contribution in [-0.4, -0.2) is 25.2 Å². The summed E-state index contributed by atoms with van der Waals surface area (Å²) < 4.78 is 17.4. The zero-order valence-electron chi connectivity index (χ0n) is 23.0. The van der Waals surface area contributed by atoms with Crippen LogP contribution in [0.5, 0.6) is 11.5 Å². The number of methoxy groups -OCH3 is 1. The molecule has 1 aromatic carbocycles. The average Bonchev–Trinajstić information content (AvgIpc) is 2.77. The van der Waals surface area contributed by atoms with Crippen LogP contribution in [0.15, 0.2) is 23.8 Å². The Bertz CT molecular complexity index is 966. The van der Waals surface area contributed by atoms with Gasteiger partial charge in [-0.15, -0.1) is 0 Å². The van der Waals surface area contributed by atoms with Crippen molar-refractivity contribution in [2.75, 3.05) is 7.11 Å². The summed E-state index contributed by atoms with van der Waals surface area (Å²) in [7, 11) is 1.43. The molecule has 0 spiro atoms. The first-order valence-corrected chi connectivity index (χ1v) is 13.1. The molecule has 194 valence electrons. The summed E-state index contributed by atoms with van der Waals surface area (Å²) in [6.07, 6.45) is 8.62. The summed E-state index contributed by atoms with van der Waals surface area (Å²) in [5, 5.41) is 0. The van der Waals surface area contributed by atoms with Gasteiger partial charge in [0.25, 0.3) is 0 Å². The maximum atomic E-state index is 13.0. The molecule has 0 radical (unpaired) electrons. The Morgan fingerprint density at radius 3 is 2.46 bits per heavy atom. The van der Waals surface area contributed by atoms with Crippen LogP contribution < -0.4 is 9.47 Å². The number of unbranched alkanes of at least 4 members (excludes halogenated alkanes) is 2. The topological polar surface area (TPSA) is 61.8 Å². The summed E-state index contributed by atoms with van der Waals surface area (Å²) >= 11 is 0. The number of hydrogen-bond acceptors (Lipinski definition) is 5. The molecule has 5 heteroatoms. The van der Waals surface area contributed by atoms with E-state index in [1.807, 2.05) is 20.8 Å². The van der Waals surface area contributed by atoms with Crippen molar-refractivity contribution in [3.8, 4) is 11.5 Å². The maximum Gasteiger partial charge on any atom is 0.316 e. The molecular weight excluding hydrogens is 440 g/mol. The van der Waals surface area contributed by atoms with Crippen molar-refractivity contribution in [1.82, 2.24) is 0 Å². The van der Waals surface area contributed by atoms with E-state index >= 15 is 0 Å².